The van der Waals surface area contributed by atoms with Crippen LogP contribution in [-0.4, -0.2) is 23.0 Å². The third kappa shape index (κ3) is 3.02. The van der Waals surface area contributed by atoms with Gasteiger partial charge in [-0.15, -0.1) is 11.3 Å². The molecule has 26 heavy (non-hydrogen) atoms. The van der Waals surface area contributed by atoms with Crippen LogP contribution in [0.2, 0.25) is 0 Å². The highest BCUT2D eigenvalue weighted by Crippen LogP contribution is 2.38. The number of carbonyl (C=O) groups excluding carboxylic acids is 1. The van der Waals surface area contributed by atoms with Crippen molar-refractivity contribution in [3.05, 3.63) is 71.9 Å². The normalized spacial score (nSPS) is 10.7. The largest absolute Gasteiger partial charge is 0.465 e. The number of ether oxygens (including phenoxy) is 2. The number of hydrogen-bond acceptors (Lipinski definition) is 6. The Kier molecular flexibility index (Phi) is 4.33. The van der Waals surface area contributed by atoms with Crippen molar-refractivity contribution in [2.45, 2.75) is 0 Å². The Bertz CT molecular complexity index is 1060. The molecule has 128 valence electrons. The molecule has 0 saturated heterocycles. The molecule has 0 spiro atoms. The Morgan fingerprint density at radius 1 is 1.00 bits per heavy atom. The van der Waals surface area contributed by atoms with Crippen molar-refractivity contribution in [2.75, 3.05) is 7.11 Å². The third-order valence-corrected chi connectivity index (χ3v) is 4.80. The highest BCUT2D eigenvalue weighted by molar-refractivity contribution is 7.17. The molecule has 0 N–H and O–H groups in total. The van der Waals surface area contributed by atoms with Crippen LogP contribution in [0, 0.1) is 0 Å². The van der Waals surface area contributed by atoms with Crippen LogP contribution in [0.25, 0.3) is 21.3 Å². The number of fused-ring (bicyclic) bond motifs is 1. The number of hydrogen-bond donors (Lipinski definition) is 0. The summed E-state index contributed by atoms with van der Waals surface area (Å²) in [5, 5.41) is 2.93. The molecule has 0 unspecified atom stereocenters. The molecule has 2 heterocycles. The number of nitrogens with zero attached hydrogens (tertiary/aromatic N) is 2. The fourth-order valence-corrected chi connectivity index (χ4v) is 3.55. The van der Waals surface area contributed by atoms with E-state index in [9.17, 15) is 4.79 Å². The first-order valence-corrected chi connectivity index (χ1v) is 8.78. The summed E-state index contributed by atoms with van der Waals surface area (Å²) in [6.07, 6.45) is 1.49. The molecule has 2 aromatic carbocycles. The third-order valence-electron chi connectivity index (χ3n) is 3.91. The molecule has 6 heteroatoms. The molecule has 2 aromatic heterocycles. The fourth-order valence-electron chi connectivity index (χ4n) is 2.64. The van der Waals surface area contributed by atoms with Crippen LogP contribution in [0.1, 0.15) is 10.4 Å². The number of thiophene rings is 1. The van der Waals surface area contributed by atoms with Crippen LogP contribution in [-0.2, 0) is 4.74 Å². The lowest BCUT2D eigenvalue weighted by Crippen LogP contribution is -2.00. The van der Waals surface area contributed by atoms with Gasteiger partial charge in [-0.3, -0.25) is 0 Å². The maximum absolute atomic E-state index is 11.5. The standard InChI is InChI=1S/C20H14N2O3S/c1-24-20(23)14-7-9-15(10-8-14)25-18-17-16(13-5-3-2-4-6-13)11-26-19(17)22-12-21-18/h2-12H,1H3. The van der Waals surface area contributed by atoms with Crippen LogP contribution in [0.3, 0.4) is 0 Å². The van der Waals surface area contributed by atoms with Crippen molar-refractivity contribution in [1.29, 1.82) is 0 Å². The molecule has 4 rings (SSSR count). The van der Waals surface area contributed by atoms with Gasteiger partial charge in [-0.2, -0.15) is 0 Å². The maximum atomic E-state index is 11.5. The summed E-state index contributed by atoms with van der Waals surface area (Å²) in [5.41, 5.74) is 2.58. The summed E-state index contributed by atoms with van der Waals surface area (Å²) in [7, 11) is 1.35. The second-order valence-electron chi connectivity index (χ2n) is 5.49. The lowest BCUT2D eigenvalue weighted by Gasteiger charge is -2.08. The van der Waals surface area contributed by atoms with Gasteiger partial charge in [0.15, 0.2) is 0 Å². The molecule has 0 bridgehead atoms. The van der Waals surface area contributed by atoms with Crippen molar-refractivity contribution in [2.24, 2.45) is 0 Å². The number of methoxy groups -OCH3 is 1. The zero-order valence-electron chi connectivity index (χ0n) is 13.9. The lowest BCUT2D eigenvalue weighted by atomic mass is 10.1. The van der Waals surface area contributed by atoms with Gasteiger partial charge in [0.1, 0.15) is 16.9 Å². The monoisotopic (exact) mass is 362 g/mol. The molecule has 4 aromatic rings. The van der Waals surface area contributed by atoms with Crippen LogP contribution in [0.5, 0.6) is 11.6 Å². The molecule has 5 nitrogen and oxygen atoms in total. The zero-order valence-corrected chi connectivity index (χ0v) is 14.7. The highest BCUT2D eigenvalue weighted by atomic mass is 32.1. The summed E-state index contributed by atoms with van der Waals surface area (Å²) in [5.74, 6) is 0.689. The first-order chi connectivity index (χ1) is 12.8. The highest BCUT2D eigenvalue weighted by Gasteiger charge is 2.15. The second kappa shape index (κ2) is 6.93. The van der Waals surface area contributed by atoms with Crippen molar-refractivity contribution in [1.82, 2.24) is 9.97 Å². The number of rotatable bonds is 4. The van der Waals surface area contributed by atoms with E-state index in [1.807, 2.05) is 30.3 Å². The van der Waals surface area contributed by atoms with E-state index < -0.39 is 0 Å². The van der Waals surface area contributed by atoms with Crippen molar-refractivity contribution < 1.29 is 14.3 Å². The van der Waals surface area contributed by atoms with Gasteiger partial charge in [-0.05, 0) is 29.8 Å². The number of esters is 1. The van der Waals surface area contributed by atoms with Crippen LogP contribution in [0.15, 0.2) is 66.3 Å². The van der Waals surface area contributed by atoms with Crippen LogP contribution < -0.4 is 4.74 Å². The Morgan fingerprint density at radius 2 is 1.77 bits per heavy atom. The van der Waals surface area contributed by atoms with Gasteiger partial charge in [0.25, 0.3) is 0 Å². The molecule has 0 atom stereocenters. The van der Waals surface area contributed by atoms with Crippen LogP contribution >= 0.6 is 11.3 Å². The quantitative estimate of drug-likeness (QED) is 0.481. The summed E-state index contributed by atoms with van der Waals surface area (Å²) < 4.78 is 10.7. The summed E-state index contributed by atoms with van der Waals surface area (Å²) in [4.78, 5) is 21.1. The SMILES string of the molecule is COC(=O)c1ccc(Oc2ncnc3scc(-c4ccccc4)c23)cc1. The Labute approximate surface area is 153 Å². The average Bonchev–Trinajstić information content (AvgIpc) is 3.14. The molecule has 0 aliphatic carbocycles. The van der Waals surface area contributed by atoms with Gasteiger partial charge in [-0.25, -0.2) is 14.8 Å². The molecule has 0 radical (unpaired) electrons. The predicted molar refractivity (Wildman–Crippen MR) is 101 cm³/mol. The fraction of sp³-hybridized carbons (Fsp3) is 0.0500. The van der Waals surface area contributed by atoms with Gasteiger partial charge in [0, 0.05) is 10.9 Å². The molecular formula is C20H14N2O3S. The van der Waals surface area contributed by atoms with E-state index in [0.717, 1.165) is 21.3 Å². The van der Waals surface area contributed by atoms with Gasteiger partial charge in [0.2, 0.25) is 5.88 Å². The summed E-state index contributed by atoms with van der Waals surface area (Å²) in [6.45, 7) is 0. The van der Waals surface area contributed by atoms with Gasteiger partial charge < -0.3 is 9.47 Å². The Hall–Kier alpha value is -3.25. The average molecular weight is 362 g/mol. The minimum absolute atomic E-state index is 0.384. The topological polar surface area (TPSA) is 61.3 Å². The molecule has 0 fully saturated rings. The van der Waals surface area contributed by atoms with Gasteiger partial charge in [0.05, 0.1) is 18.1 Å². The van der Waals surface area contributed by atoms with E-state index in [-0.39, 0.29) is 5.97 Å². The summed E-state index contributed by atoms with van der Waals surface area (Å²) >= 11 is 1.55. The number of aromatic nitrogens is 2. The smallest absolute Gasteiger partial charge is 0.337 e. The van der Waals surface area contributed by atoms with E-state index in [0.29, 0.717) is 17.2 Å². The van der Waals surface area contributed by atoms with E-state index in [1.54, 1.807) is 35.6 Å². The van der Waals surface area contributed by atoms with E-state index in [2.05, 4.69) is 15.3 Å². The lowest BCUT2D eigenvalue weighted by molar-refractivity contribution is 0.0600. The molecule has 0 amide bonds. The minimum atomic E-state index is -0.384. The Morgan fingerprint density at radius 3 is 2.50 bits per heavy atom. The second-order valence-corrected chi connectivity index (χ2v) is 6.35. The number of carbonyl (C=O) groups is 1. The molecule has 0 saturated carbocycles. The minimum Gasteiger partial charge on any atom is -0.465 e. The van der Waals surface area contributed by atoms with E-state index in [1.165, 1.54) is 13.4 Å². The summed E-state index contributed by atoms with van der Waals surface area (Å²) in [6, 6.07) is 16.8. The van der Waals surface area contributed by atoms with Gasteiger partial charge >= 0.3 is 5.97 Å². The molecular weight excluding hydrogens is 348 g/mol. The molecule has 0 aliphatic heterocycles. The van der Waals surface area contributed by atoms with Crippen molar-refractivity contribution in [3.63, 3.8) is 0 Å². The van der Waals surface area contributed by atoms with E-state index in [4.69, 9.17) is 9.47 Å². The predicted octanol–water partition coefficient (Wildman–Crippen LogP) is 4.94. The van der Waals surface area contributed by atoms with Crippen molar-refractivity contribution in [3.8, 4) is 22.8 Å². The van der Waals surface area contributed by atoms with Gasteiger partial charge in [-0.1, -0.05) is 30.3 Å². The first kappa shape index (κ1) is 16.2. The zero-order chi connectivity index (χ0) is 17.9. The van der Waals surface area contributed by atoms with E-state index >= 15 is 0 Å². The van der Waals surface area contributed by atoms with Crippen LogP contribution in [0.4, 0.5) is 0 Å². The Balaban J connectivity index is 1.73. The van der Waals surface area contributed by atoms with Crippen molar-refractivity contribution >= 4 is 27.5 Å². The first-order valence-electron chi connectivity index (χ1n) is 7.90. The molecule has 0 aliphatic rings. The number of benzene rings is 2. The maximum Gasteiger partial charge on any atom is 0.337 e.